The Labute approximate surface area is 169 Å². The van der Waals surface area contributed by atoms with Crippen molar-refractivity contribution in [3.63, 3.8) is 0 Å². The van der Waals surface area contributed by atoms with Gasteiger partial charge in [0.05, 0.1) is 30.7 Å². The zero-order chi connectivity index (χ0) is 19.9. The van der Waals surface area contributed by atoms with E-state index in [-0.39, 0.29) is 18.3 Å². The van der Waals surface area contributed by atoms with Gasteiger partial charge in [-0.1, -0.05) is 23.9 Å². The second kappa shape index (κ2) is 9.38. The molecular formula is C18H18N4O4S2. The van der Waals surface area contributed by atoms with Crippen molar-refractivity contribution in [2.24, 2.45) is 0 Å². The predicted molar refractivity (Wildman–Crippen MR) is 108 cm³/mol. The van der Waals surface area contributed by atoms with Crippen molar-refractivity contribution < 1.29 is 19.1 Å². The van der Waals surface area contributed by atoms with E-state index in [0.717, 1.165) is 5.69 Å². The third-order valence-electron chi connectivity index (χ3n) is 3.61. The van der Waals surface area contributed by atoms with E-state index in [1.807, 2.05) is 24.3 Å². The number of esters is 1. The van der Waals surface area contributed by atoms with E-state index in [2.05, 4.69) is 15.5 Å². The largest absolute Gasteiger partial charge is 0.495 e. The summed E-state index contributed by atoms with van der Waals surface area (Å²) < 4.78 is 12.1. The van der Waals surface area contributed by atoms with E-state index in [1.54, 1.807) is 36.4 Å². The third-order valence-corrected chi connectivity index (χ3v) is 5.38. The molecule has 0 fully saturated rings. The summed E-state index contributed by atoms with van der Waals surface area (Å²) in [6, 6.07) is 9.10. The Morgan fingerprint density at radius 2 is 2.11 bits per heavy atom. The van der Waals surface area contributed by atoms with Crippen LogP contribution in [0.2, 0.25) is 0 Å². The molecule has 0 atom stereocenters. The van der Waals surface area contributed by atoms with Gasteiger partial charge in [0.25, 0.3) is 0 Å². The first-order valence-electron chi connectivity index (χ1n) is 8.34. The van der Waals surface area contributed by atoms with Crippen molar-refractivity contribution >= 4 is 40.0 Å². The van der Waals surface area contributed by atoms with Crippen LogP contribution in [0, 0.1) is 0 Å². The van der Waals surface area contributed by atoms with Gasteiger partial charge in [0.15, 0.2) is 5.16 Å². The number of benzene rings is 1. The minimum Gasteiger partial charge on any atom is -0.495 e. The van der Waals surface area contributed by atoms with E-state index >= 15 is 0 Å². The van der Waals surface area contributed by atoms with Crippen LogP contribution in [-0.4, -0.2) is 46.1 Å². The van der Waals surface area contributed by atoms with Crippen LogP contribution in [0.3, 0.4) is 0 Å². The summed E-state index contributed by atoms with van der Waals surface area (Å²) in [6.07, 6.45) is 1.57. The van der Waals surface area contributed by atoms with Gasteiger partial charge in [-0.15, -0.1) is 21.5 Å². The average Bonchev–Trinajstić information content (AvgIpc) is 3.35. The molecule has 8 nitrogen and oxygen atoms in total. The van der Waals surface area contributed by atoms with E-state index in [4.69, 9.17) is 9.47 Å². The normalized spacial score (nSPS) is 10.5. The molecule has 10 heteroatoms. The standard InChI is InChI=1S/C18H18N4O4S2/c1-3-26-17(24)12-8-9-27-16(12)20-15(23)10-28-18-21-19-11-22(18)13-6-4-5-7-14(13)25-2/h4-9,11H,3,10H2,1-2H3,(H,20,23). The summed E-state index contributed by atoms with van der Waals surface area (Å²) in [6.45, 7) is 2.01. The molecule has 0 unspecified atom stereocenters. The molecule has 3 aromatic rings. The molecule has 0 aliphatic carbocycles. The number of nitrogens with zero attached hydrogens (tertiary/aromatic N) is 3. The van der Waals surface area contributed by atoms with Crippen LogP contribution >= 0.6 is 23.1 Å². The van der Waals surface area contributed by atoms with Crippen LogP contribution in [-0.2, 0) is 9.53 Å². The Balaban J connectivity index is 1.66. The molecule has 0 aliphatic rings. The number of nitrogens with one attached hydrogen (secondary N) is 1. The maximum atomic E-state index is 12.3. The lowest BCUT2D eigenvalue weighted by Crippen LogP contribution is -2.16. The fourth-order valence-corrected chi connectivity index (χ4v) is 3.90. The number of anilines is 1. The number of ether oxygens (including phenoxy) is 2. The number of hydrogen-bond acceptors (Lipinski definition) is 8. The van der Waals surface area contributed by atoms with Crippen molar-refractivity contribution in [1.29, 1.82) is 0 Å². The van der Waals surface area contributed by atoms with E-state index in [0.29, 0.717) is 21.5 Å². The molecule has 0 bridgehead atoms. The minimum atomic E-state index is -0.456. The van der Waals surface area contributed by atoms with Crippen molar-refractivity contribution in [2.75, 3.05) is 24.8 Å². The zero-order valence-electron chi connectivity index (χ0n) is 15.2. The molecule has 2 aromatic heterocycles. The summed E-state index contributed by atoms with van der Waals surface area (Å²) in [5, 5.41) is 13.5. The number of thiophene rings is 1. The lowest BCUT2D eigenvalue weighted by atomic mass is 10.3. The average molecular weight is 419 g/mol. The van der Waals surface area contributed by atoms with Crippen molar-refractivity contribution in [3.05, 3.63) is 47.6 Å². The third kappa shape index (κ3) is 4.52. The highest BCUT2D eigenvalue weighted by Crippen LogP contribution is 2.27. The Kier molecular flexibility index (Phi) is 6.66. The highest BCUT2D eigenvalue weighted by Gasteiger charge is 2.17. The first-order valence-corrected chi connectivity index (χ1v) is 10.2. The van der Waals surface area contributed by atoms with E-state index in [1.165, 1.54) is 23.1 Å². The molecule has 2 heterocycles. The maximum absolute atomic E-state index is 12.3. The number of carbonyl (C=O) groups excluding carboxylic acids is 2. The summed E-state index contributed by atoms with van der Waals surface area (Å²) in [4.78, 5) is 24.3. The number of carbonyl (C=O) groups is 2. The monoisotopic (exact) mass is 418 g/mol. The smallest absolute Gasteiger partial charge is 0.341 e. The van der Waals surface area contributed by atoms with Gasteiger partial charge in [0.2, 0.25) is 5.91 Å². The van der Waals surface area contributed by atoms with Gasteiger partial charge in [-0.3, -0.25) is 9.36 Å². The quantitative estimate of drug-likeness (QED) is 0.443. The number of aromatic nitrogens is 3. The summed E-state index contributed by atoms with van der Waals surface area (Å²) in [5.74, 6) is 0.0649. The molecule has 1 N–H and O–H groups in total. The molecular weight excluding hydrogens is 400 g/mol. The summed E-state index contributed by atoms with van der Waals surface area (Å²) in [5.41, 5.74) is 1.13. The van der Waals surface area contributed by atoms with Gasteiger partial charge in [0.1, 0.15) is 17.1 Å². The minimum absolute atomic E-state index is 0.105. The molecule has 0 spiro atoms. The second-order valence-electron chi connectivity index (χ2n) is 5.38. The summed E-state index contributed by atoms with van der Waals surface area (Å²) >= 11 is 2.50. The van der Waals surface area contributed by atoms with E-state index in [9.17, 15) is 9.59 Å². The van der Waals surface area contributed by atoms with Gasteiger partial charge in [-0.05, 0) is 30.5 Å². The Bertz CT molecular complexity index is 970. The Morgan fingerprint density at radius 1 is 1.29 bits per heavy atom. The molecule has 146 valence electrons. The molecule has 0 saturated carbocycles. The molecule has 0 aliphatic heterocycles. The molecule has 1 aromatic carbocycles. The fraction of sp³-hybridized carbons (Fsp3) is 0.222. The fourth-order valence-electron chi connectivity index (χ4n) is 2.39. The summed E-state index contributed by atoms with van der Waals surface area (Å²) in [7, 11) is 1.59. The second-order valence-corrected chi connectivity index (χ2v) is 7.23. The number of para-hydroxylation sites is 2. The van der Waals surface area contributed by atoms with Gasteiger partial charge in [-0.25, -0.2) is 4.79 Å². The maximum Gasteiger partial charge on any atom is 0.341 e. The van der Waals surface area contributed by atoms with Crippen LogP contribution in [0.4, 0.5) is 5.00 Å². The molecule has 0 saturated heterocycles. The molecule has 3 rings (SSSR count). The highest BCUT2D eigenvalue weighted by atomic mass is 32.2. The van der Waals surface area contributed by atoms with Crippen molar-refractivity contribution in [2.45, 2.75) is 12.1 Å². The van der Waals surface area contributed by atoms with Crippen molar-refractivity contribution in [1.82, 2.24) is 14.8 Å². The number of methoxy groups -OCH3 is 1. The lowest BCUT2D eigenvalue weighted by molar-refractivity contribution is -0.113. The van der Waals surface area contributed by atoms with Crippen molar-refractivity contribution in [3.8, 4) is 11.4 Å². The van der Waals surface area contributed by atoms with Crippen LogP contribution in [0.1, 0.15) is 17.3 Å². The Hall–Kier alpha value is -2.85. The van der Waals surface area contributed by atoms with Gasteiger partial charge >= 0.3 is 5.97 Å². The lowest BCUT2D eigenvalue weighted by Gasteiger charge is -2.10. The van der Waals surface area contributed by atoms with Crippen LogP contribution in [0.5, 0.6) is 5.75 Å². The van der Waals surface area contributed by atoms with Crippen LogP contribution in [0.25, 0.3) is 5.69 Å². The highest BCUT2D eigenvalue weighted by molar-refractivity contribution is 7.99. The van der Waals surface area contributed by atoms with Gasteiger partial charge < -0.3 is 14.8 Å². The van der Waals surface area contributed by atoms with Crippen LogP contribution in [0.15, 0.2) is 47.2 Å². The topological polar surface area (TPSA) is 95.3 Å². The first kappa shape index (κ1) is 19.9. The number of hydrogen-bond donors (Lipinski definition) is 1. The molecule has 1 amide bonds. The predicted octanol–water partition coefficient (Wildman–Crippen LogP) is 3.24. The zero-order valence-corrected chi connectivity index (χ0v) is 16.9. The molecule has 0 radical (unpaired) electrons. The number of thioether (sulfide) groups is 1. The van der Waals surface area contributed by atoms with Gasteiger partial charge in [-0.2, -0.15) is 0 Å². The first-order chi connectivity index (χ1) is 13.6. The molecule has 28 heavy (non-hydrogen) atoms. The Morgan fingerprint density at radius 3 is 2.89 bits per heavy atom. The van der Waals surface area contributed by atoms with Gasteiger partial charge in [0, 0.05) is 0 Å². The number of rotatable bonds is 8. The van der Waals surface area contributed by atoms with Crippen LogP contribution < -0.4 is 10.1 Å². The SMILES string of the molecule is CCOC(=O)c1ccsc1NC(=O)CSc1nncn1-c1ccccc1OC. The van der Waals surface area contributed by atoms with E-state index < -0.39 is 5.97 Å². The number of amides is 1.